The molecule has 106 valence electrons. The highest BCUT2D eigenvalue weighted by Gasteiger charge is 2.05. The number of rotatable bonds is 7. The van der Waals surface area contributed by atoms with E-state index < -0.39 is 10.8 Å². The lowest BCUT2D eigenvalue weighted by molar-refractivity contribution is 0.318. The van der Waals surface area contributed by atoms with Gasteiger partial charge in [-0.25, -0.2) is 0 Å². The molecule has 0 fully saturated rings. The van der Waals surface area contributed by atoms with Crippen LogP contribution >= 0.6 is 0 Å². The maximum Gasteiger partial charge on any atom is 0.170 e. The molecule has 6 heteroatoms. The van der Waals surface area contributed by atoms with E-state index in [4.69, 9.17) is 10.9 Å². The van der Waals surface area contributed by atoms with Crippen LogP contribution < -0.4 is 11.1 Å². The third-order valence-corrected chi connectivity index (χ3v) is 4.32. The Labute approximate surface area is 116 Å². The van der Waals surface area contributed by atoms with Crippen molar-refractivity contribution in [2.75, 3.05) is 12.8 Å². The Hall–Kier alpha value is -1.40. The highest BCUT2D eigenvalue weighted by Crippen LogP contribution is 2.05. The number of oxime groups is 1. The normalized spacial score (nSPS) is 15.2. The Morgan fingerprint density at radius 1 is 1.58 bits per heavy atom. The monoisotopic (exact) mass is 283 g/mol. The molecule has 0 bridgehead atoms. The molecule has 0 aliphatic carbocycles. The fourth-order valence-electron chi connectivity index (χ4n) is 1.60. The Kier molecular flexibility index (Phi) is 6.52. The SMILES string of the molecule is CC(CCNCc1cccc(/C(N)=N/O)c1)S(C)=O. The van der Waals surface area contributed by atoms with E-state index in [1.807, 2.05) is 25.1 Å². The Morgan fingerprint density at radius 2 is 2.32 bits per heavy atom. The van der Waals surface area contributed by atoms with E-state index in [1.165, 1.54) is 0 Å². The van der Waals surface area contributed by atoms with Crippen LogP contribution in [0, 0.1) is 0 Å². The van der Waals surface area contributed by atoms with Crippen molar-refractivity contribution < 1.29 is 9.42 Å². The first kappa shape index (κ1) is 15.7. The van der Waals surface area contributed by atoms with Crippen LogP contribution in [0.25, 0.3) is 0 Å². The lowest BCUT2D eigenvalue weighted by atomic mass is 10.1. The molecular formula is C13H21N3O2S. The second kappa shape index (κ2) is 7.91. The summed E-state index contributed by atoms with van der Waals surface area (Å²) in [5, 5.41) is 15.1. The summed E-state index contributed by atoms with van der Waals surface area (Å²) in [5.41, 5.74) is 7.30. The smallest absolute Gasteiger partial charge is 0.170 e. The first-order valence-electron chi connectivity index (χ1n) is 6.14. The van der Waals surface area contributed by atoms with E-state index in [-0.39, 0.29) is 11.1 Å². The van der Waals surface area contributed by atoms with Crippen molar-refractivity contribution >= 4 is 16.6 Å². The summed E-state index contributed by atoms with van der Waals surface area (Å²) >= 11 is 0. The molecule has 19 heavy (non-hydrogen) atoms. The Morgan fingerprint density at radius 3 is 2.95 bits per heavy atom. The maximum atomic E-state index is 11.2. The van der Waals surface area contributed by atoms with Crippen LogP contribution in [-0.2, 0) is 17.3 Å². The molecule has 5 nitrogen and oxygen atoms in total. The van der Waals surface area contributed by atoms with Crippen molar-refractivity contribution in [3.8, 4) is 0 Å². The summed E-state index contributed by atoms with van der Waals surface area (Å²) in [6, 6.07) is 7.51. The summed E-state index contributed by atoms with van der Waals surface area (Å²) in [7, 11) is -0.769. The molecule has 0 saturated heterocycles. The van der Waals surface area contributed by atoms with Gasteiger partial charge in [0.2, 0.25) is 0 Å². The predicted molar refractivity (Wildman–Crippen MR) is 78.8 cm³/mol. The van der Waals surface area contributed by atoms with E-state index in [1.54, 1.807) is 12.3 Å². The van der Waals surface area contributed by atoms with Crippen LogP contribution in [0.5, 0.6) is 0 Å². The first-order chi connectivity index (χ1) is 9.04. The lowest BCUT2D eigenvalue weighted by Gasteiger charge is -2.09. The number of nitrogens with one attached hydrogen (secondary N) is 1. The van der Waals surface area contributed by atoms with Gasteiger partial charge in [0.05, 0.1) is 0 Å². The van der Waals surface area contributed by atoms with Gasteiger partial charge < -0.3 is 16.3 Å². The van der Waals surface area contributed by atoms with Crippen LogP contribution in [0.4, 0.5) is 0 Å². The molecular weight excluding hydrogens is 262 g/mol. The van der Waals surface area contributed by atoms with E-state index >= 15 is 0 Å². The third kappa shape index (κ3) is 5.40. The molecule has 0 aromatic heterocycles. The van der Waals surface area contributed by atoms with Gasteiger partial charge in [0, 0.05) is 34.4 Å². The van der Waals surface area contributed by atoms with Gasteiger partial charge in [0.15, 0.2) is 5.84 Å². The van der Waals surface area contributed by atoms with Crippen molar-refractivity contribution in [3.63, 3.8) is 0 Å². The average Bonchev–Trinajstić information content (AvgIpc) is 2.42. The lowest BCUT2D eigenvalue weighted by Crippen LogP contribution is -2.21. The molecule has 1 aromatic rings. The number of nitrogens with zero attached hydrogens (tertiary/aromatic N) is 1. The zero-order chi connectivity index (χ0) is 14.3. The predicted octanol–water partition coefficient (Wildman–Crippen LogP) is 1.03. The fraction of sp³-hybridized carbons (Fsp3) is 0.462. The molecule has 1 aromatic carbocycles. The summed E-state index contributed by atoms with van der Waals surface area (Å²) in [6.07, 6.45) is 2.61. The molecule has 0 amide bonds. The minimum atomic E-state index is -0.769. The number of hydrogen-bond acceptors (Lipinski definition) is 4. The molecule has 4 N–H and O–H groups in total. The highest BCUT2D eigenvalue weighted by atomic mass is 32.2. The van der Waals surface area contributed by atoms with Crippen molar-refractivity contribution in [1.82, 2.24) is 5.32 Å². The molecule has 0 spiro atoms. The molecule has 1 rings (SSSR count). The minimum absolute atomic E-state index is 0.108. The van der Waals surface area contributed by atoms with Crippen LogP contribution in [0.3, 0.4) is 0 Å². The number of hydrogen-bond donors (Lipinski definition) is 3. The minimum Gasteiger partial charge on any atom is -0.409 e. The number of nitrogens with two attached hydrogens (primary N) is 1. The summed E-state index contributed by atoms with van der Waals surface area (Å²) < 4.78 is 11.2. The van der Waals surface area contributed by atoms with Crippen molar-refractivity contribution in [2.45, 2.75) is 25.1 Å². The zero-order valence-corrected chi connectivity index (χ0v) is 12.1. The number of amidine groups is 1. The molecule has 0 aliphatic heterocycles. The van der Waals surface area contributed by atoms with Gasteiger partial charge in [-0.3, -0.25) is 4.21 Å². The van der Waals surface area contributed by atoms with Crippen molar-refractivity contribution in [3.05, 3.63) is 35.4 Å². The standard InChI is InChI=1S/C13H21N3O2S/c1-10(19(2)18)6-7-15-9-11-4-3-5-12(8-11)13(14)16-17/h3-5,8,10,15,17H,6-7,9H2,1-2H3,(H2,14,16). The van der Waals surface area contributed by atoms with Gasteiger partial charge >= 0.3 is 0 Å². The molecule has 0 heterocycles. The van der Waals surface area contributed by atoms with Crippen LogP contribution in [0.15, 0.2) is 29.4 Å². The van der Waals surface area contributed by atoms with E-state index in [0.717, 1.165) is 18.5 Å². The second-order valence-electron chi connectivity index (χ2n) is 4.46. The van der Waals surface area contributed by atoms with Gasteiger partial charge in [0.25, 0.3) is 0 Å². The van der Waals surface area contributed by atoms with Gasteiger partial charge in [-0.05, 0) is 24.6 Å². The zero-order valence-electron chi connectivity index (χ0n) is 11.3. The quantitative estimate of drug-likeness (QED) is 0.229. The van der Waals surface area contributed by atoms with Gasteiger partial charge in [0.1, 0.15) is 0 Å². The highest BCUT2D eigenvalue weighted by molar-refractivity contribution is 7.84. The third-order valence-electron chi connectivity index (χ3n) is 2.95. The first-order valence-corrected chi connectivity index (χ1v) is 7.76. The molecule has 2 atom stereocenters. The van der Waals surface area contributed by atoms with Gasteiger partial charge in [-0.2, -0.15) is 0 Å². The van der Waals surface area contributed by atoms with E-state index in [0.29, 0.717) is 12.1 Å². The van der Waals surface area contributed by atoms with Crippen LogP contribution in [0.2, 0.25) is 0 Å². The van der Waals surface area contributed by atoms with Gasteiger partial charge in [-0.1, -0.05) is 30.3 Å². The summed E-state index contributed by atoms with van der Waals surface area (Å²) in [6.45, 7) is 3.50. The Bertz CT molecular complexity index is 463. The van der Waals surface area contributed by atoms with E-state index in [2.05, 4.69) is 10.5 Å². The van der Waals surface area contributed by atoms with Crippen LogP contribution in [-0.4, -0.2) is 33.3 Å². The maximum absolute atomic E-state index is 11.2. The molecule has 0 radical (unpaired) electrons. The Balaban J connectivity index is 2.44. The number of benzene rings is 1. The van der Waals surface area contributed by atoms with Gasteiger partial charge in [-0.15, -0.1) is 0 Å². The topological polar surface area (TPSA) is 87.7 Å². The van der Waals surface area contributed by atoms with Crippen molar-refractivity contribution in [1.29, 1.82) is 0 Å². The van der Waals surface area contributed by atoms with E-state index in [9.17, 15) is 4.21 Å². The second-order valence-corrected chi connectivity index (χ2v) is 6.26. The fourth-order valence-corrected chi connectivity index (χ4v) is 2.05. The molecule has 0 saturated carbocycles. The average molecular weight is 283 g/mol. The summed E-state index contributed by atoms with van der Waals surface area (Å²) in [4.78, 5) is 0. The molecule has 2 unspecified atom stereocenters. The van der Waals surface area contributed by atoms with Crippen molar-refractivity contribution in [2.24, 2.45) is 10.9 Å². The van der Waals surface area contributed by atoms with Crippen LogP contribution in [0.1, 0.15) is 24.5 Å². The summed E-state index contributed by atoms with van der Waals surface area (Å²) in [5.74, 6) is 0.108. The molecule has 0 aliphatic rings. The largest absolute Gasteiger partial charge is 0.409 e.